The zero-order valence-electron chi connectivity index (χ0n) is 9.29. The van der Waals surface area contributed by atoms with Crippen LogP contribution in [0.3, 0.4) is 0 Å². The highest BCUT2D eigenvalue weighted by molar-refractivity contribution is 5.29. The number of hydrogen-bond acceptors (Lipinski definition) is 2. The van der Waals surface area contributed by atoms with Crippen molar-refractivity contribution in [2.24, 2.45) is 0 Å². The lowest BCUT2D eigenvalue weighted by Crippen LogP contribution is -2.28. The minimum atomic E-state index is 0.578. The molecule has 2 heteroatoms. The number of pyridine rings is 1. The molecule has 1 aromatic rings. The Morgan fingerprint density at radius 3 is 2.93 bits per heavy atom. The Balaban J connectivity index is 1.95. The Morgan fingerprint density at radius 1 is 1.33 bits per heavy atom. The number of rotatable bonds is 1. The first kappa shape index (κ1) is 9.34. The molecule has 2 heterocycles. The van der Waals surface area contributed by atoms with E-state index < -0.39 is 0 Å². The van der Waals surface area contributed by atoms with Gasteiger partial charge in [0.15, 0.2) is 0 Å². The van der Waals surface area contributed by atoms with Crippen LogP contribution in [0.25, 0.3) is 0 Å². The molecule has 1 fully saturated rings. The summed E-state index contributed by atoms with van der Waals surface area (Å²) in [5.41, 5.74) is 4.09. The maximum Gasteiger partial charge on any atom is 0.0492 e. The van der Waals surface area contributed by atoms with Gasteiger partial charge in [0, 0.05) is 36.3 Å². The molecule has 3 rings (SSSR count). The topological polar surface area (TPSA) is 24.9 Å². The fourth-order valence-electron chi connectivity index (χ4n) is 2.55. The maximum atomic E-state index is 4.88. The van der Waals surface area contributed by atoms with Gasteiger partial charge in [0.1, 0.15) is 0 Å². The van der Waals surface area contributed by atoms with Gasteiger partial charge in [0.05, 0.1) is 0 Å². The quantitative estimate of drug-likeness (QED) is 0.757. The molecule has 1 aromatic heterocycles. The van der Waals surface area contributed by atoms with Crippen LogP contribution in [0.1, 0.15) is 55.0 Å². The summed E-state index contributed by atoms with van der Waals surface area (Å²) in [6.07, 6.45) is 4.08. The second-order valence-corrected chi connectivity index (χ2v) is 4.94. The van der Waals surface area contributed by atoms with E-state index in [1.807, 2.05) is 0 Å². The molecule has 0 radical (unpaired) electrons. The molecule has 0 bridgehead atoms. The Kier molecular flexibility index (Phi) is 2.24. The molecule has 0 aromatic carbocycles. The molecule has 2 aliphatic rings. The standard InChI is InChI=1S/C13H18N2/c1-9-7-14-8-11-5-6-12(15-13(9)11)10-3-2-4-10/h5-6,9-10,14H,2-4,7-8H2,1H3. The highest BCUT2D eigenvalue weighted by Crippen LogP contribution is 2.36. The van der Waals surface area contributed by atoms with E-state index in [1.54, 1.807) is 0 Å². The monoisotopic (exact) mass is 202 g/mol. The number of nitrogens with one attached hydrogen (secondary N) is 1. The number of hydrogen-bond donors (Lipinski definition) is 1. The van der Waals surface area contributed by atoms with E-state index in [-0.39, 0.29) is 0 Å². The van der Waals surface area contributed by atoms with Gasteiger partial charge in [-0.1, -0.05) is 19.4 Å². The number of nitrogens with zero attached hydrogens (tertiary/aromatic N) is 1. The third-order valence-electron chi connectivity index (χ3n) is 3.79. The van der Waals surface area contributed by atoms with Gasteiger partial charge in [-0.2, -0.15) is 0 Å². The molecular formula is C13H18N2. The van der Waals surface area contributed by atoms with Crippen LogP contribution in [0, 0.1) is 0 Å². The number of aromatic nitrogens is 1. The summed E-state index contributed by atoms with van der Waals surface area (Å²) in [6, 6.07) is 4.51. The average Bonchev–Trinajstić information content (AvgIpc) is 2.17. The largest absolute Gasteiger partial charge is 0.312 e. The highest BCUT2D eigenvalue weighted by Gasteiger charge is 2.24. The molecule has 1 N–H and O–H groups in total. The fraction of sp³-hybridized carbons (Fsp3) is 0.615. The van der Waals surface area contributed by atoms with Gasteiger partial charge in [0.2, 0.25) is 0 Å². The number of fused-ring (bicyclic) bond motifs is 1. The minimum absolute atomic E-state index is 0.578. The smallest absolute Gasteiger partial charge is 0.0492 e. The summed E-state index contributed by atoms with van der Waals surface area (Å²) < 4.78 is 0. The summed E-state index contributed by atoms with van der Waals surface area (Å²) in [6.45, 7) is 4.34. The van der Waals surface area contributed by atoms with E-state index >= 15 is 0 Å². The second-order valence-electron chi connectivity index (χ2n) is 4.94. The van der Waals surface area contributed by atoms with Crippen molar-refractivity contribution < 1.29 is 0 Å². The van der Waals surface area contributed by atoms with Gasteiger partial charge in [0.25, 0.3) is 0 Å². The van der Waals surface area contributed by atoms with Crippen LogP contribution in [0.4, 0.5) is 0 Å². The summed E-state index contributed by atoms with van der Waals surface area (Å²) in [7, 11) is 0. The maximum absolute atomic E-state index is 4.88. The van der Waals surface area contributed by atoms with Crippen molar-refractivity contribution in [1.29, 1.82) is 0 Å². The van der Waals surface area contributed by atoms with E-state index in [4.69, 9.17) is 4.98 Å². The zero-order chi connectivity index (χ0) is 10.3. The molecule has 0 saturated heterocycles. The molecule has 1 aliphatic carbocycles. The van der Waals surface area contributed by atoms with Crippen molar-refractivity contribution in [3.63, 3.8) is 0 Å². The Hall–Kier alpha value is -0.890. The lowest BCUT2D eigenvalue weighted by atomic mass is 9.82. The van der Waals surface area contributed by atoms with Crippen LogP contribution in [0.5, 0.6) is 0 Å². The molecule has 80 valence electrons. The van der Waals surface area contributed by atoms with Crippen LogP contribution in [-0.4, -0.2) is 11.5 Å². The molecule has 15 heavy (non-hydrogen) atoms. The lowest BCUT2D eigenvalue weighted by Gasteiger charge is -2.28. The SMILES string of the molecule is CC1CNCc2ccc(C3CCC3)nc21. The zero-order valence-corrected chi connectivity index (χ0v) is 9.29. The first-order valence-electron chi connectivity index (χ1n) is 6.05. The normalized spacial score (nSPS) is 25.8. The van der Waals surface area contributed by atoms with Gasteiger partial charge in [-0.05, 0) is 24.5 Å². The molecule has 1 aliphatic heterocycles. The van der Waals surface area contributed by atoms with E-state index in [0.29, 0.717) is 5.92 Å². The van der Waals surface area contributed by atoms with E-state index in [2.05, 4.69) is 24.4 Å². The fourth-order valence-corrected chi connectivity index (χ4v) is 2.55. The summed E-state index contributed by atoms with van der Waals surface area (Å²) in [4.78, 5) is 4.88. The van der Waals surface area contributed by atoms with Gasteiger partial charge in [-0.3, -0.25) is 4.98 Å². The predicted octanol–water partition coefficient (Wildman–Crippen LogP) is 2.56. The van der Waals surface area contributed by atoms with Gasteiger partial charge < -0.3 is 5.32 Å². The Morgan fingerprint density at radius 2 is 2.20 bits per heavy atom. The van der Waals surface area contributed by atoms with Gasteiger partial charge in [-0.25, -0.2) is 0 Å². The third-order valence-corrected chi connectivity index (χ3v) is 3.79. The van der Waals surface area contributed by atoms with Crippen molar-refractivity contribution >= 4 is 0 Å². The van der Waals surface area contributed by atoms with E-state index in [9.17, 15) is 0 Å². The first-order chi connectivity index (χ1) is 7.34. The highest BCUT2D eigenvalue weighted by atomic mass is 14.9. The van der Waals surface area contributed by atoms with Crippen LogP contribution in [-0.2, 0) is 6.54 Å². The van der Waals surface area contributed by atoms with E-state index in [1.165, 1.54) is 36.2 Å². The Bertz CT molecular complexity index is 369. The molecule has 1 saturated carbocycles. The van der Waals surface area contributed by atoms with Crippen LogP contribution >= 0.6 is 0 Å². The Labute approximate surface area is 91.1 Å². The van der Waals surface area contributed by atoms with Gasteiger partial charge in [-0.15, -0.1) is 0 Å². The average molecular weight is 202 g/mol. The van der Waals surface area contributed by atoms with Crippen molar-refractivity contribution in [1.82, 2.24) is 10.3 Å². The molecule has 0 amide bonds. The molecule has 0 spiro atoms. The molecule has 2 nitrogen and oxygen atoms in total. The molecule has 1 unspecified atom stereocenters. The van der Waals surface area contributed by atoms with Crippen molar-refractivity contribution in [2.75, 3.05) is 6.54 Å². The van der Waals surface area contributed by atoms with Crippen molar-refractivity contribution in [2.45, 2.75) is 44.6 Å². The van der Waals surface area contributed by atoms with Crippen molar-refractivity contribution in [3.8, 4) is 0 Å². The molecule has 1 atom stereocenters. The van der Waals surface area contributed by atoms with Crippen LogP contribution < -0.4 is 5.32 Å². The predicted molar refractivity (Wildman–Crippen MR) is 61.0 cm³/mol. The van der Waals surface area contributed by atoms with E-state index in [0.717, 1.165) is 19.0 Å². The second kappa shape index (κ2) is 3.60. The first-order valence-corrected chi connectivity index (χ1v) is 6.05. The van der Waals surface area contributed by atoms with Crippen LogP contribution in [0.2, 0.25) is 0 Å². The van der Waals surface area contributed by atoms with Crippen LogP contribution in [0.15, 0.2) is 12.1 Å². The summed E-state index contributed by atoms with van der Waals surface area (Å²) in [5, 5.41) is 3.43. The van der Waals surface area contributed by atoms with Gasteiger partial charge >= 0.3 is 0 Å². The lowest BCUT2D eigenvalue weighted by molar-refractivity contribution is 0.408. The molecular weight excluding hydrogens is 184 g/mol. The minimum Gasteiger partial charge on any atom is -0.312 e. The van der Waals surface area contributed by atoms with Crippen molar-refractivity contribution in [3.05, 3.63) is 29.1 Å². The third kappa shape index (κ3) is 1.57. The summed E-state index contributed by atoms with van der Waals surface area (Å²) >= 11 is 0. The summed E-state index contributed by atoms with van der Waals surface area (Å²) in [5.74, 6) is 1.34.